The van der Waals surface area contributed by atoms with Crippen LogP contribution in [0.2, 0.25) is 0 Å². The number of fused-ring (bicyclic) bond motifs is 1. The molecule has 0 aliphatic rings. The van der Waals surface area contributed by atoms with Gasteiger partial charge in [0.15, 0.2) is 0 Å². The van der Waals surface area contributed by atoms with Crippen molar-refractivity contribution < 1.29 is 13.3 Å². The van der Waals surface area contributed by atoms with Crippen molar-refractivity contribution in [3.05, 3.63) is 76.5 Å². The van der Waals surface area contributed by atoms with E-state index in [0.29, 0.717) is 5.69 Å². The van der Waals surface area contributed by atoms with Gasteiger partial charge in [0, 0.05) is 23.9 Å². The van der Waals surface area contributed by atoms with Crippen molar-refractivity contribution in [3.63, 3.8) is 0 Å². The van der Waals surface area contributed by atoms with Crippen LogP contribution in [0.4, 0.5) is 11.4 Å². The monoisotopic (exact) mass is 426 g/mol. The van der Waals surface area contributed by atoms with E-state index in [-0.39, 0.29) is 10.6 Å². The fraction of sp³-hybridized carbons (Fsp3) is 0.0526. The first-order chi connectivity index (χ1) is 13.8. The fourth-order valence-electron chi connectivity index (χ4n) is 2.76. The number of anilines is 1. The number of hydrogen-bond donors (Lipinski definition) is 1. The number of nitrogens with zero attached hydrogens (tertiary/aromatic N) is 3. The minimum Gasteiger partial charge on any atom is -0.279 e. The fourth-order valence-corrected chi connectivity index (χ4v) is 4.79. The maximum absolute atomic E-state index is 12.6. The quantitative estimate of drug-likeness (QED) is 0.374. The minimum atomic E-state index is -3.87. The van der Waals surface area contributed by atoms with E-state index < -0.39 is 14.9 Å². The number of hydrogen-bond acceptors (Lipinski definition) is 7. The molecule has 0 fully saturated rings. The zero-order valence-corrected chi connectivity index (χ0v) is 16.7. The molecule has 2 aromatic heterocycles. The summed E-state index contributed by atoms with van der Waals surface area (Å²) in [6, 6.07) is 13.8. The van der Waals surface area contributed by atoms with E-state index in [4.69, 9.17) is 0 Å². The van der Waals surface area contributed by atoms with Gasteiger partial charge in [-0.25, -0.2) is 18.4 Å². The molecule has 0 saturated carbocycles. The number of rotatable bonds is 5. The number of aryl methyl sites for hydroxylation is 1. The van der Waals surface area contributed by atoms with E-state index in [1.807, 2.05) is 18.2 Å². The Balaban J connectivity index is 1.61. The van der Waals surface area contributed by atoms with Crippen LogP contribution in [0.5, 0.6) is 0 Å². The third-order valence-electron chi connectivity index (χ3n) is 4.24. The average Bonchev–Trinajstić information content (AvgIpc) is 3.14. The predicted molar refractivity (Wildman–Crippen MR) is 111 cm³/mol. The molecule has 146 valence electrons. The SMILES string of the molecule is Cc1cc(-c2nc3cccnc3s2)ccc1NS(=O)(=O)c1ccc([N+](=O)[O-])cc1. The second-order valence-corrected chi connectivity index (χ2v) is 8.89. The number of thiazole rings is 1. The second kappa shape index (κ2) is 7.22. The van der Waals surface area contributed by atoms with Crippen molar-refractivity contribution in [2.75, 3.05) is 4.72 Å². The van der Waals surface area contributed by atoms with Gasteiger partial charge < -0.3 is 0 Å². The molecule has 10 heteroatoms. The van der Waals surface area contributed by atoms with Crippen molar-refractivity contribution in [1.29, 1.82) is 0 Å². The molecule has 0 atom stereocenters. The molecule has 2 aromatic carbocycles. The van der Waals surface area contributed by atoms with Crippen LogP contribution in [0.15, 0.2) is 65.7 Å². The summed E-state index contributed by atoms with van der Waals surface area (Å²) in [4.78, 5) is 19.8. The Kier molecular flexibility index (Phi) is 4.73. The maximum atomic E-state index is 12.6. The third-order valence-corrected chi connectivity index (χ3v) is 6.65. The standard InChI is InChI=1S/C19H14N4O4S2/c1-12-11-13(18-21-17-3-2-10-20-19(17)28-18)4-9-16(12)22-29(26,27)15-7-5-14(6-8-15)23(24)25/h2-11,22H,1H3. The van der Waals surface area contributed by atoms with Crippen molar-refractivity contribution in [1.82, 2.24) is 9.97 Å². The molecular weight excluding hydrogens is 412 g/mol. The molecule has 1 N–H and O–H groups in total. The Morgan fingerprint density at radius 3 is 2.52 bits per heavy atom. The highest BCUT2D eigenvalue weighted by molar-refractivity contribution is 7.92. The summed E-state index contributed by atoms with van der Waals surface area (Å²) in [5.74, 6) is 0. The summed E-state index contributed by atoms with van der Waals surface area (Å²) < 4.78 is 27.7. The first kappa shape index (κ1) is 19.0. The Bertz CT molecular complexity index is 1300. The van der Waals surface area contributed by atoms with Crippen molar-refractivity contribution >= 4 is 43.1 Å². The van der Waals surface area contributed by atoms with Gasteiger partial charge in [-0.2, -0.15) is 0 Å². The van der Waals surface area contributed by atoms with E-state index in [1.54, 1.807) is 25.3 Å². The van der Waals surface area contributed by atoms with Gasteiger partial charge in [0.2, 0.25) is 0 Å². The summed E-state index contributed by atoms with van der Waals surface area (Å²) in [6.45, 7) is 1.79. The van der Waals surface area contributed by atoms with E-state index >= 15 is 0 Å². The summed E-state index contributed by atoms with van der Waals surface area (Å²) in [5.41, 5.74) is 2.65. The van der Waals surface area contributed by atoms with Crippen molar-refractivity contribution in [3.8, 4) is 10.6 Å². The van der Waals surface area contributed by atoms with Gasteiger partial charge >= 0.3 is 0 Å². The van der Waals surface area contributed by atoms with E-state index in [2.05, 4.69) is 14.7 Å². The van der Waals surface area contributed by atoms with Crippen LogP contribution in [0.1, 0.15) is 5.56 Å². The smallest absolute Gasteiger partial charge is 0.269 e. The first-order valence-electron chi connectivity index (χ1n) is 8.43. The van der Waals surface area contributed by atoms with Crippen LogP contribution in [0.25, 0.3) is 20.9 Å². The van der Waals surface area contributed by atoms with E-state index in [9.17, 15) is 18.5 Å². The Morgan fingerprint density at radius 2 is 1.86 bits per heavy atom. The van der Waals surface area contributed by atoms with Gasteiger partial charge in [0.25, 0.3) is 15.7 Å². The molecule has 2 heterocycles. The van der Waals surface area contributed by atoms with Gasteiger partial charge in [-0.3, -0.25) is 14.8 Å². The van der Waals surface area contributed by atoms with Gasteiger partial charge in [-0.05, 0) is 55.0 Å². The summed E-state index contributed by atoms with van der Waals surface area (Å²) >= 11 is 1.46. The molecule has 8 nitrogen and oxygen atoms in total. The van der Waals surface area contributed by atoms with Crippen molar-refractivity contribution in [2.45, 2.75) is 11.8 Å². The molecule has 0 radical (unpaired) electrons. The zero-order valence-electron chi connectivity index (χ0n) is 15.1. The first-order valence-corrected chi connectivity index (χ1v) is 10.7. The number of aromatic nitrogens is 2. The van der Waals surface area contributed by atoms with E-state index in [0.717, 1.165) is 38.6 Å². The highest BCUT2D eigenvalue weighted by Crippen LogP contribution is 2.31. The zero-order chi connectivity index (χ0) is 20.6. The lowest BCUT2D eigenvalue weighted by Crippen LogP contribution is -2.13. The van der Waals surface area contributed by atoms with Crippen LogP contribution in [0, 0.1) is 17.0 Å². The number of nitro groups is 1. The lowest BCUT2D eigenvalue weighted by molar-refractivity contribution is -0.384. The molecule has 0 amide bonds. The lowest BCUT2D eigenvalue weighted by atomic mass is 10.1. The van der Waals surface area contributed by atoms with Gasteiger partial charge in [0.05, 0.1) is 15.5 Å². The van der Waals surface area contributed by atoms with Crippen LogP contribution in [-0.4, -0.2) is 23.3 Å². The molecule has 0 spiro atoms. The topological polar surface area (TPSA) is 115 Å². The third kappa shape index (κ3) is 3.80. The highest BCUT2D eigenvalue weighted by Gasteiger charge is 2.17. The number of non-ortho nitro benzene ring substituents is 1. The molecule has 29 heavy (non-hydrogen) atoms. The molecule has 0 aliphatic carbocycles. The Hall–Kier alpha value is -3.37. The molecule has 0 bridgehead atoms. The molecule has 4 rings (SSSR count). The van der Waals surface area contributed by atoms with Crippen LogP contribution in [-0.2, 0) is 10.0 Å². The molecule has 4 aromatic rings. The lowest BCUT2D eigenvalue weighted by Gasteiger charge is -2.11. The largest absolute Gasteiger partial charge is 0.279 e. The van der Waals surface area contributed by atoms with Gasteiger partial charge in [-0.1, -0.05) is 11.3 Å². The van der Waals surface area contributed by atoms with Crippen LogP contribution < -0.4 is 4.72 Å². The number of benzene rings is 2. The summed E-state index contributed by atoms with van der Waals surface area (Å²) in [6.07, 6.45) is 1.71. The average molecular weight is 426 g/mol. The van der Waals surface area contributed by atoms with Gasteiger partial charge in [-0.15, -0.1) is 0 Å². The number of nitrogens with one attached hydrogen (secondary N) is 1. The molecule has 0 aliphatic heterocycles. The maximum Gasteiger partial charge on any atom is 0.269 e. The molecule has 0 unspecified atom stereocenters. The van der Waals surface area contributed by atoms with Crippen LogP contribution >= 0.6 is 11.3 Å². The van der Waals surface area contributed by atoms with Crippen LogP contribution in [0.3, 0.4) is 0 Å². The van der Waals surface area contributed by atoms with Gasteiger partial charge in [0.1, 0.15) is 15.4 Å². The highest BCUT2D eigenvalue weighted by atomic mass is 32.2. The number of pyridine rings is 1. The number of sulfonamides is 1. The molecule has 0 saturated heterocycles. The molecular formula is C19H14N4O4S2. The predicted octanol–water partition coefficient (Wildman–Crippen LogP) is 4.38. The van der Waals surface area contributed by atoms with Crippen molar-refractivity contribution in [2.24, 2.45) is 0 Å². The Morgan fingerprint density at radius 1 is 1.10 bits per heavy atom. The normalized spacial score (nSPS) is 11.5. The summed E-state index contributed by atoms with van der Waals surface area (Å²) in [7, 11) is -3.87. The number of nitro benzene ring substituents is 1. The summed E-state index contributed by atoms with van der Waals surface area (Å²) in [5, 5.41) is 11.5. The Labute approximate surface area is 170 Å². The minimum absolute atomic E-state index is 0.0520. The van der Waals surface area contributed by atoms with E-state index in [1.165, 1.54) is 23.5 Å². The second-order valence-electron chi connectivity index (χ2n) is 6.23.